The van der Waals surface area contributed by atoms with Gasteiger partial charge in [0.15, 0.2) is 0 Å². The molecule has 60 heavy (non-hydrogen) atoms. The van der Waals surface area contributed by atoms with Crippen LogP contribution in [0.5, 0.6) is 5.75 Å². The summed E-state index contributed by atoms with van der Waals surface area (Å²) in [5, 5.41) is 0. The van der Waals surface area contributed by atoms with Gasteiger partial charge in [-0.1, -0.05) is 49.2 Å². The van der Waals surface area contributed by atoms with E-state index >= 15 is 0 Å². The number of aryl methyl sites for hydroxylation is 1. The summed E-state index contributed by atoms with van der Waals surface area (Å²) >= 11 is 0. The fraction of sp³-hybridized carbons (Fsp3) is 0.682. The van der Waals surface area contributed by atoms with Crippen molar-refractivity contribution in [2.24, 2.45) is 0 Å². The zero-order chi connectivity index (χ0) is 45.4. The third-order valence-electron chi connectivity index (χ3n) is 7.85. The van der Waals surface area contributed by atoms with Crippen LogP contribution in [0.25, 0.3) is 0 Å². The molecule has 0 heterocycles. The van der Waals surface area contributed by atoms with Crippen molar-refractivity contribution >= 4 is 30.2 Å². The molecular formula is C44H72NO13PS. The van der Waals surface area contributed by atoms with Crippen LogP contribution >= 0.6 is 7.82 Å². The maximum Gasteiger partial charge on any atom is 0.531 e. The van der Waals surface area contributed by atoms with E-state index in [9.17, 15) is 22.6 Å². The molecule has 0 aliphatic heterocycles. The quantitative estimate of drug-likeness (QED) is 0.0449. The number of phosphoric ester groups is 1. The number of hydrogen-bond donors (Lipinski definition) is 0. The van der Waals surface area contributed by atoms with E-state index in [4.69, 9.17) is 36.7 Å². The summed E-state index contributed by atoms with van der Waals surface area (Å²) in [6.45, 7) is 21.4. The first-order valence-electron chi connectivity index (χ1n) is 20.7. The number of phosphoric acid groups is 1. The molecule has 2 rings (SSSR count). The van der Waals surface area contributed by atoms with Crippen LogP contribution < -0.4 is 4.52 Å². The average Bonchev–Trinajstić information content (AvgIpc) is 3.05. The van der Waals surface area contributed by atoms with Crippen molar-refractivity contribution in [3.63, 3.8) is 0 Å². The molecule has 0 fully saturated rings. The summed E-state index contributed by atoms with van der Waals surface area (Å²) in [5.41, 5.74) is -1.86. The van der Waals surface area contributed by atoms with Crippen molar-refractivity contribution in [3.8, 4) is 5.75 Å². The zero-order valence-electron chi connectivity index (χ0n) is 38.3. The summed E-state index contributed by atoms with van der Waals surface area (Å²) in [6.07, 6.45) is 4.43. The Labute approximate surface area is 360 Å². The SMILES string of the molecule is CC(C)(C)OC(=O)OC(CN(CCCCCCOCCCCc1ccccc1)C(=O)OC(C)(C)C)c1ccc(OP(=O)(OC(C)(C)C)OC(C)(C)C)c(COS(C)(=O)=O)c1. The number of unbranched alkanes of at least 4 members (excludes halogenated alkanes) is 4. The van der Waals surface area contributed by atoms with E-state index in [0.717, 1.165) is 44.8 Å². The molecule has 2 aromatic rings. The van der Waals surface area contributed by atoms with Crippen LogP contribution in [0.4, 0.5) is 9.59 Å². The molecule has 0 spiro atoms. The highest BCUT2D eigenvalue weighted by molar-refractivity contribution is 7.85. The van der Waals surface area contributed by atoms with E-state index in [1.807, 2.05) is 6.07 Å². The number of benzene rings is 2. The highest BCUT2D eigenvalue weighted by Crippen LogP contribution is 2.55. The Hall–Kier alpha value is -3.20. The summed E-state index contributed by atoms with van der Waals surface area (Å²) in [6, 6.07) is 14.9. The van der Waals surface area contributed by atoms with Gasteiger partial charge in [0.2, 0.25) is 0 Å². The first-order chi connectivity index (χ1) is 27.5. The molecule has 1 unspecified atom stereocenters. The Morgan fingerprint density at radius 1 is 0.717 bits per heavy atom. The topological polar surface area (TPSA) is 162 Å². The molecule has 0 saturated carbocycles. The van der Waals surface area contributed by atoms with Gasteiger partial charge in [-0.05, 0) is 138 Å². The maximum atomic E-state index is 14.1. The van der Waals surface area contributed by atoms with Gasteiger partial charge >= 0.3 is 20.1 Å². The van der Waals surface area contributed by atoms with Crippen LogP contribution in [-0.4, -0.2) is 80.5 Å². The summed E-state index contributed by atoms with van der Waals surface area (Å²) in [5.74, 6) is -0.0598. The third kappa shape index (κ3) is 24.3. The number of ether oxygens (including phenoxy) is 4. The van der Waals surface area contributed by atoms with Gasteiger partial charge in [0.05, 0.1) is 30.6 Å². The summed E-state index contributed by atoms with van der Waals surface area (Å²) in [7, 11) is -8.31. The van der Waals surface area contributed by atoms with Gasteiger partial charge < -0.3 is 28.4 Å². The van der Waals surface area contributed by atoms with E-state index in [-0.39, 0.29) is 24.4 Å². The summed E-state index contributed by atoms with van der Waals surface area (Å²) in [4.78, 5) is 28.4. The number of amides is 1. The molecule has 342 valence electrons. The standard InChI is InChI=1S/C44H72NO13PS/c1-41(2,3)54-39(46)45(28-20-14-15-21-29-51-30-22-19-25-34-23-17-16-18-24-34)32-38(53-40(47)55-42(4,5)6)35-26-27-37(36(31-35)33-52-60(13,49)50)56-59(48,57-43(7,8)9)58-44(10,11)12/h16-18,23-24,26-27,31,38H,14-15,19-22,25,28-30,32-33H2,1-13H3. The molecular weight excluding hydrogens is 814 g/mol. The Kier molecular flexibility index (Phi) is 20.6. The van der Waals surface area contributed by atoms with Gasteiger partial charge in [0.1, 0.15) is 23.1 Å². The van der Waals surface area contributed by atoms with Crippen molar-refractivity contribution in [3.05, 3.63) is 65.2 Å². The lowest BCUT2D eigenvalue weighted by Crippen LogP contribution is -2.40. The van der Waals surface area contributed by atoms with Gasteiger partial charge in [-0.15, -0.1) is 0 Å². The average molecular weight is 886 g/mol. The second kappa shape index (κ2) is 23.3. The molecule has 16 heteroatoms. The van der Waals surface area contributed by atoms with E-state index in [1.54, 1.807) is 89.2 Å². The molecule has 0 bridgehead atoms. The van der Waals surface area contributed by atoms with Crippen molar-refractivity contribution < 1.29 is 59.3 Å². The minimum atomic E-state index is -4.34. The smallest absolute Gasteiger partial charge is 0.444 e. The largest absolute Gasteiger partial charge is 0.531 e. The number of carbonyl (C=O) groups is 2. The highest BCUT2D eigenvalue weighted by Gasteiger charge is 2.39. The summed E-state index contributed by atoms with van der Waals surface area (Å²) < 4.78 is 84.2. The predicted molar refractivity (Wildman–Crippen MR) is 233 cm³/mol. The van der Waals surface area contributed by atoms with Crippen molar-refractivity contribution in [1.29, 1.82) is 0 Å². The minimum Gasteiger partial charge on any atom is -0.444 e. The van der Waals surface area contributed by atoms with E-state index < -0.39 is 65.3 Å². The molecule has 14 nitrogen and oxygen atoms in total. The van der Waals surface area contributed by atoms with Crippen molar-refractivity contribution in [2.45, 2.75) is 163 Å². The highest BCUT2D eigenvalue weighted by atomic mass is 32.2. The van der Waals surface area contributed by atoms with Crippen LogP contribution in [-0.2, 0) is 59.9 Å². The molecule has 0 N–H and O–H groups in total. The number of nitrogens with zero attached hydrogens (tertiary/aromatic N) is 1. The number of rotatable bonds is 23. The fourth-order valence-corrected chi connectivity index (χ4v) is 7.76. The van der Waals surface area contributed by atoms with E-state index in [2.05, 4.69) is 24.3 Å². The normalized spacial score (nSPS) is 13.4. The first kappa shape index (κ1) is 52.9. The lowest BCUT2D eigenvalue weighted by atomic mass is 10.0. The van der Waals surface area contributed by atoms with Gasteiger partial charge in [0, 0.05) is 25.3 Å². The van der Waals surface area contributed by atoms with Crippen LogP contribution in [0, 0.1) is 0 Å². The maximum absolute atomic E-state index is 14.1. The van der Waals surface area contributed by atoms with Crippen LogP contribution in [0.3, 0.4) is 0 Å². The van der Waals surface area contributed by atoms with E-state index in [1.165, 1.54) is 22.6 Å². The first-order valence-corrected chi connectivity index (χ1v) is 24.0. The van der Waals surface area contributed by atoms with Crippen molar-refractivity contribution in [2.75, 3.05) is 32.6 Å². The molecule has 0 aromatic heterocycles. The van der Waals surface area contributed by atoms with Gasteiger partial charge in [-0.25, -0.2) is 14.2 Å². The molecule has 0 aliphatic carbocycles. The monoisotopic (exact) mass is 885 g/mol. The third-order valence-corrected chi connectivity index (χ3v) is 10.4. The van der Waals surface area contributed by atoms with Crippen molar-refractivity contribution in [1.82, 2.24) is 4.90 Å². The fourth-order valence-electron chi connectivity index (χ4n) is 5.54. The molecule has 0 aliphatic rings. The Balaban J connectivity index is 2.35. The lowest BCUT2D eigenvalue weighted by Gasteiger charge is -2.32. The second-order valence-electron chi connectivity index (χ2n) is 18.7. The van der Waals surface area contributed by atoms with Crippen LogP contribution in [0.1, 0.15) is 144 Å². The lowest BCUT2D eigenvalue weighted by molar-refractivity contribution is -0.0377. The molecule has 0 radical (unpaired) electrons. The van der Waals surface area contributed by atoms with E-state index in [0.29, 0.717) is 25.2 Å². The number of carbonyl (C=O) groups excluding carboxylic acids is 2. The predicted octanol–water partition coefficient (Wildman–Crippen LogP) is 11.1. The van der Waals surface area contributed by atoms with Crippen LogP contribution in [0.2, 0.25) is 0 Å². The Morgan fingerprint density at radius 3 is 1.83 bits per heavy atom. The van der Waals surface area contributed by atoms with Gasteiger partial charge in [0.25, 0.3) is 10.1 Å². The Morgan fingerprint density at radius 2 is 1.28 bits per heavy atom. The zero-order valence-corrected chi connectivity index (χ0v) is 40.0. The molecule has 1 amide bonds. The van der Waals surface area contributed by atoms with Crippen LogP contribution in [0.15, 0.2) is 48.5 Å². The second-order valence-corrected chi connectivity index (χ2v) is 21.8. The minimum absolute atomic E-state index is 0.0598. The molecule has 0 saturated heterocycles. The molecule has 1 atom stereocenters. The number of hydrogen-bond acceptors (Lipinski definition) is 13. The van der Waals surface area contributed by atoms with Gasteiger partial charge in [-0.2, -0.15) is 8.42 Å². The molecule has 2 aromatic carbocycles. The Bertz CT molecular complexity index is 1760. The van der Waals surface area contributed by atoms with Gasteiger partial charge in [-0.3, -0.25) is 13.2 Å².